The fourth-order valence-corrected chi connectivity index (χ4v) is 4.96. The first-order valence-electron chi connectivity index (χ1n) is 11.0. The minimum atomic E-state index is -0.611. The van der Waals surface area contributed by atoms with Gasteiger partial charge in [-0.15, -0.1) is 0 Å². The molecule has 0 aliphatic carbocycles. The molecule has 2 heterocycles. The third kappa shape index (κ3) is 6.03. The zero-order valence-electron chi connectivity index (χ0n) is 19.3. The number of rotatable bonds is 7. The summed E-state index contributed by atoms with van der Waals surface area (Å²) in [6, 6.07) is 22.3. The monoisotopic (exact) mass is 559 g/mol. The molecule has 7 nitrogen and oxygen atoms in total. The number of dihydropyridines is 1. The molecule has 3 N–H and O–H groups in total. The summed E-state index contributed by atoms with van der Waals surface area (Å²) < 4.78 is 0.918. The number of halogens is 1. The Morgan fingerprint density at radius 2 is 1.69 bits per heavy atom. The summed E-state index contributed by atoms with van der Waals surface area (Å²) in [5.41, 5.74) is 3.51. The van der Waals surface area contributed by atoms with Gasteiger partial charge in [-0.3, -0.25) is 14.6 Å². The Bertz CT molecular complexity index is 1370. The molecule has 0 bridgehead atoms. The van der Waals surface area contributed by atoms with Crippen molar-refractivity contribution in [1.82, 2.24) is 10.3 Å². The molecule has 1 atom stereocenters. The number of hydrogen-bond donors (Lipinski definition) is 3. The van der Waals surface area contributed by atoms with Crippen LogP contribution in [0.4, 0.5) is 11.4 Å². The van der Waals surface area contributed by atoms with Gasteiger partial charge in [0.25, 0.3) is 5.91 Å². The number of thioether (sulfide) groups is 1. The molecule has 1 aliphatic heterocycles. The number of aromatic nitrogens is 1. The van der Waals surface area contributed by atoms with Crippen molar-refractivity contribution in [1.29, 1.82) is 5.26 Å². The van der Waals surface area contributed by atoms with E-state index in [-0.39, 0.29) is 17.6 Å². The Morgan fingerprint density at radius 1 is 1.03 bits per heavy atom. The topological polar surface area (TPSA) is 107 Å². The van der Waals surface area contributed by atoms with Gasteiger partial charge in [0.05, 0.1) is 28.3 Å². The second-order valence-corrected chi connectivity index (χ2v) is 9.80. The highest BCUT2D eigenvalue weighted by Crippen LogP contribution is 2.40. The fourth-order valence-electron chi connectivity index (χ4n) is 3.80. The largest absolute Gasteiger partial charge is 0.353 e. The molecular formula is C27H22BrN5O2S. The summed E-state index contributed by atoms with van der Waals surface area (Å²) in [6.45, 7) is 1.80. The van der Waals surface area contributed by atoms with Gasteiger partial charge in [0.1, 0.15) is 0 Å². The van der Waals surface area contributed by atoms with E-state index in [4.69, 9.17) is 0 Å². The number of nitrogens with zero attached hydrogens (tertiary/aromatic N) is 2. The predicted molar refractivity (Wildman–Crippen MR) is 146 cm³/mol. The minimum absolute atomic E-state index is 0.0888. The summed E-state index contributed by atoms with van der Waals surface area (Å²) in [7, 11) is 0. The number of carbonyl (C=O) groups excluding carboxylic acids is 2. The molecule has 36 heavy (non-hydrogen) atoms. The number of amides is 2. The molecular weight excluding hydrogens is 538 g/mol. The molecule has 1 aromatic heterocycles. The second-order valence-electron chi connectivity index (χ2n) is 7.90. The van der Waals surface area contributed by atoms with Gasteiger partial charge in [0.15, 0.2) is 0 Å². The zero-order chi connectivity index (χ0) is 25.5. The van der Waals surface area contributed by atoms with Crippen molar-refractivity contribution < 1.29 is 9.59 Å². The van der Waals surface area contributed by atoms with E-state index in [2.05, 4.69) is 42.9 Å². The summed E-state index contributed by atoms with van der Waals surface area (Å²) >= 11 is 4.60. The zero-order valence-corrected chi connectivity index (χ0v) is 21.7. The number of allylic oxidation sites excluding steroid dienone is 2. The van der Waals surface area contributed by atoms with Crippen molar-refractivity contribution in [2.75, 3.05) is 16.4 Å². The molecule has 1 aliphatic rings. The number of anilines is 2. The van der Waals surface area contributed by atoms with Crippen LogP contribution >= 0.6 is 27.7 Å². The normalized spacial score (nSPS) is 15.1. The van der Waals surface area contributed by atoms with Crippen LogP contribution in [-0.4, -0.2) is 22.6 Å². The van der Waals surface area contributed by atoms with E-state index in [9.17, 15) is 14.9 Å². The van der Waals surface area contributed by atoms with Crippen molar-refractivity contribution in [2.24, 2.45) is 0 Å². The van der Waals surface area contributed by atoms with E-state index in [1.165, 1.54) is 11.8 Å². The van der Waals surface area contributed by atoms with Gasteiger partial charge in [-0.1, -0.05) is 45.9 Å². The molecule has 0 saturated carbocycles. The molecule has 9 heteroatoms. The highest BCUT2D eigenvalue weighted by Gasteiger charge is 2.34. The summed E-state index contributed by atoms with van der Waals surface area (Å²) in [5, 5.41) is 19.7. The van der Waals surface area contributed by atoms with Crippen LogP contribution in [0.2, 0.25) is 0 Å². The number of nitrogens with one attached hydrogen (secondary N) is 3. The highest BCUT2D eigenvalue weighted by atomic mass is 79.9. The lowest BCUT2D eigenvalue weighted by atomic mass is 9.82. The number of carbonyl (C=O) groups is 2. The maximum atomic E-state index is 13.4. The number of pyridine rings is 1. The molecule has 0 unspecified atom stereocenters. The highest BCUT2D eigenvalue weighted by molar-refractivity contribution is 9.10. The quantitative estimate of drug-likeness (QED) is 0.350. The Morgan fingerprint density at radius 3 is 2.36 bits per heavy atom. The lowest BCUT2D eigenvalue weighted by molar-refractivity contribution is -0.114. The predicted octanol–water partition coefficient (Wildman–Crippen LogP) is 5.55. The third-order valence-corrected chi connectivity index (χ3v) is 6.98. The first kappa shape index (κ1) is 25.2. The first-order chi connectivity index (χ1) is 17.5. The van der Waals surface area contributed by atoms with Crippen molar-refractivity contribution in [2.45, 2.75) is 12.8 Å². The van der Waals surface area contributed by atoms with E-state index in [0.29, 0.717) is 33.2 Å². The van der Waals surface area contributed by atoms with Gasteiger partial charge in [-0.2, -0.15) is 5.26 Å². The molecule has 180 valence electrons. The number of nitriles is 1. The Hall–Kier alpha value is -3.87. The smallest absolute Gasteiger partial charge is 0.254 e. The van der Waals surface area contributed by atoms with Crippen molar-refractivity contribution in [3.05, 3.63) is 111 Å². The number of para-hydroxylation sites is 1. The molecule has 2 aromatic carbocycles. The summed E-state index contributed by atoms with van der Waals surface area (Å²) in [4.78, 5) is 30.1. The van der Waals surface area contributed by atoms with Crippen LogP contribution in [0, 0.1) is 11.3 Å². The van der Waals surface area contributed by atoms with Gasteiger partial charge < -0.3 is 16.0 Å². The van der Waals surface area contributed by atoms with Gasteiger partial charge in [-0.05, 0) is 61.0 Å². The van der Waals surface area contributed by atoms with Gasteiger partial charge in [0.2, 0.25) is 5.91 Å². The SMILES string of the molecule is CC1=C(C(=O)Nc2ccccc2)[C@@H](c2ccncc2)C(C#N)=C(SCC(=O)Nc2ccc(Br)cc2)N1. The van der Waals surface area contributed by atoms with Gasteiger partial charge in [-0.25, -0.2) is 0 Å². The maximum Gasteiger partial charge on any atom is 0.254 e. The van der Waals surface area contributed by atoms with Crippen LogP contribution in [0.15, 0.2) is 105 Å². The average molecular weight is 560 g/mol. The van der Waals surface area contributed by atoms with Crippen LogP contribution in [0.3, 0.4) is 0 Å². The standard InChI is InChI=1S/C27H22BrN5O2S/c1-17-24(26(35)33-20-5-3-2-4-6-20)25(18-11-13-30-14-12-18)22(15-29)27(31-17)36-16-23(34)32-21-9-7-19(28)8-10-21/h2-14,25,31H,16H2,1H3,(H,32,34)(H,33,35)/t25-/m0/s1. The van der Waals surface area contributed by atoms with Crippen molar-refractivity contribution in [3.8, 4) is 6.07 Å². The Labute approximate surface area is 221 Å². The van der Waals surface area contributed by atoms with E-state index in [1.54, 1.807) is 55.7 Å². The third-order valence-electron chi connectivity index (χ3n) is 5.44. The molecule has 3 aromatic rings. The van der Waals surface area contributed by atoms with E-state index < -0.39 is 5.92 Å². The lowest BCUT2D eigenvalue weighted by Crippen LogP contribution is -2.31. The lowest BCUT2D eigenvalue weighted by Gasteiger charge is -2.29. The van der Waals surface area contributed by atoms with Gasteiger partial charge in [0, 0.05) is 39.5 Å². The second kappa shape index (κ2) is 11.7. The Balaban J connectivity index is 1.60. The molecule has 0 fully saturated rings. The van der Waals surface area contributed by atoms with Crippen LogP contribution in [0.1, 0.15) is 18.4 Å². The molecule has 0 radical (unpaired) electrons. The summed E-state index contributed by atoms with van der Waals surface area (Å²) in [5.74, 6) is -1.03. The van der Waals surface area contributed by atoms with Crippen LogP contribution in [-0.2, 0) is 9.59 Å². The van der Waals surface area contributed by atoms with E-state index in [0.717, 1.165) is 10.0 Å². The first-order valence-corrected chi connectivity index (χ1v) is 12.8. The van der Waals surface area contributed by atoms with E-state index >= 15 is 0 Å². The maximum absolute atomic E-state index is 13.4. The molecule has 0 saturated heterocycles. The van der Waals surface area contributed by atoms with Crippen LogP contribution in [0.25, 0.3) is 0 Å². The van der Waals surface area contributed by atoms with Crippen molar-refractivity contribution in [3.63, 3.8) is 0 Å². The number of benzene rings is 2. The van der Waals surface area contributed by atoms with E-state index in [1.807, 2.05) is 30.3 Å². The molecule has 0 spiro atoms. The Kier molecular flexibility index (Phi) is 8.21. The summed E-state index contributed by atoms with van der Waals surface area (Å²) in [6.07, 6.45) is 3.26. The van der Waals surface area contributed by atoms with Crippen LogP contribution < -0.4 is 16.0 Å². The van der Waals surface area contributed by atoms with Crippen molar-refractivity contribution >= 4 is 50.9 Å². The minimum Gasteiger partial charge on any atom is -0.353 e. The fraction of sp³-hybridized carbons (Fsp3) is 0.111. The number of hydrogen-bond acceptors (Lipinski definition) is 6. The van der Waals surface area contributed by atoms with Gasteiger partial charge >= 0.3 is 0 Å². The van der Waals surface area contributed by atoms with Crippen LogP contribution in [0.5, 0.6) is 0 Å². The average Bonchev–Trinajstić information content (AvgIpc) is 2.89. The molecule has 4 rings (SSSR count). The molecule has 2 amide bonds.